The number of aryl methyl sites for hydroxylation is 1. The van der Waals surface area contributed by atoms with Crippen LogP contribution in [0.4, 0.5) is 10.3 Å². The van der Waals surface area contributed by atoms with Gasteiger partial charge in [0, 0.05) is 0 Å². The standard InChI is InChI=1S/C13H13ClFN3/c1-8-3-4-10(5-12(8)15)9(2)18-13-16-6-11(14)7-17-13/h3-7,9H,1-2H3,(H,16,17,18). The summed E-state index contributed by atoms with van der Waals surface area (Å²) in [5.74, 6) is 0.256. The van der Waals surface area contributed by atoms with Crippen LogP contribution in [0.5, 0.6) is 0 Å². The first-order valence-corrected chi connectivity index (χ1v) is 5.94. The number of benzene rings is 1. The zero-order valence-corrected chi connectivity index (χ0v) is 10.9. The number of aromatic nitrogens is 2. The molecule has 0 bridgehead atoms. The van der Waals surface area contributed by atoms with Crippen molar-refractivity contribution < 1.29 is 4.39 Å². The maximum absolute atomic E-state index is 13.5. The fourth-order valence-corrected chi connectivity index (χ4v) is 1.64. The molecule has 94 valence electrons. The summed E-state index contributed by atoms with van der Waals surface area (Å²) >= 11 is 5.70. The van der Waals surface area contributed by atoms with Crippen molar-refractivity contribution in [2.24, 2.45) is 0 Å². The summed E-state index contributed by atoms with van der Waals surface area (Å²) in [7, 11) is 0. The molecule has 0 saturated heterocycles. The minimum Gasteiger partial charge on any atom is -0.348 e. The highest BCUT2D eigenvalue weighted by atomic mass is 35.5. The van der Waals surface area contributed by atoms with Gasteiger partial charge < -0.3 is 5.32 Å². The minimum absolute atomic E-state index is 0.0822. The third-order valence-corrected chi connectivity index (χ3v) is 2.86. The molecular formula is C13H13ClFN3. The van der Waals surface area contributed by atoms with Crippen LogP contribution < -0.4 is 5.32 Å². The van der Waals surface area contributed by atoms with Crippen molar-refractivity contribution in [3.05, 3.63) is 52.6 Å². The second kappa shape index (κ2) is 5.31. The van der Waals surface area contributed by atoms with Gasteiger partial charge in [0.1, 0.15) is 5.82 Å². The maximum Gasteiger partial charge on any atom is 0.223 e. The summed E-state index contributed by atoms with van der Waals surface area (Å²) in [5, 5.41) is 3.57. The largest absolute Gasteiger partial charge is 0.348 e. The van der Waals surface area contributed by atoms with Crippen LogP contribution in [-0.4, -0.2) is 9.97 Å². The van der Waals surface area contributed by atoms with Gasteiger partial charge in [0.25, 0.3) is 0 Å². The lowest BCUT2D eigenvalue weighted by molar-refractivity contribution is 0.614. The molecule has 1 unspecified atom stereocenters. The third-order valence-electron chi connectivity index (χ3n) is 2.66. The molecule has 1 heterocycles. The van der Waals surface area contributed by atoms with Gasteiger partial charge in [0.15, 0.2) is 0 Å². The van der Waals surface area contributed by atoms with Gasteiger partial charge >= 0.3 is 0 Å². The van der Waals surface area contributed by atoms with Crippen molar-refractivity contribution in [1.29, 1.82) is 0 Å². The van der Waals surface area contributed by atoms with Crippen LogP contribution in [-0.2, 0) is 0 Å². The van der Waals surface area contributed by atoms with E-state index in [1.807, 2.05) is 13.0 Å². The predicted octanol–water partition coefficient (Wildman–Crippen LogP) is 3.75. The van der Waals surface area contributed by atoms with E-state index >= 15 is 0 Å². The quantitative estimate of drug-likeness (QED) is 0.918. The van der Waals surface area contributed by atoms with Crippen molar-refractivity contribution in [1.82, 2.24) is 9.97 Å². The zero-order valence-electron chi connectivity index (χ0n) is 10.1. The van der Waals surface area contributed by atoms with Gasteiger partial charge in [0.2, 0.25) is 5.95 Å². The molecule has 1 aromatic heterocycles. The average Bonchev–Trinajstić information content (AvgIpc) is 2.35. The smallest absolute Gasteiger partial charge is 0.223 e. The van der Waals surface area contributed by atoms with Gasteiger partial charge in [0.05, 0.1) is 23.5 Å². The first kappa shape index (κ1) is 12.8. The second-order valence-corrected chi connectivity index (χ2v) is 4.54. The molecule has 0 radical (unpaired) electrons. The summed E-state index contributed by atoms with van der Waals surface area (Å²) in [6.45, 7) is 3.65. The van der Waals surface area contributed by atoms with Gasteiger partial charge in [-0.2, -0.15) is 0 Å². The molecule has 1 atom stereocenters. The Bertz CT molecular complexity index is 542. The number of rotatable bonds is 3. The van der Waals surface area contributed by atoms with Crippen molar-refractivity contribution in [3.8, 4) is 0 Å². The fourth-order valence-electron chi connectivity index (χ4n) is 1.54. The Labute approximate surface area is 110 Å². The van der Waals surface area contributed by atoms with Crippen LogP contribution in [0.25, 0.3) is 0 Å². The Balaban J connectivity index is 2.13. The number of hydrogen-bond donors (Lipinski definition) is 1. The van der Waals surface area contributed by atoms with E-state index in [0.29, 0.717) is 16.5 Å². The van der Waals surface area contributed by atoms with E-state index in [1.165, 1.54) is 18.5 Å². The van der Waals surface area contributed by atoms with E-state index in [4.69, 9.17) is 11.6 Å². The molecule has 2 rings (SSSR count). The van der Waals surface area contributed by atoms with E-state index in [2.05, 4.69) is 15.3 Å². The van der Waals surface area contributed by atoms with Crippen LogP contribution in [0, 0.1) is 12.7 Å². The second-order valence-electron chi connectivity index (χ2n) is 4.10. The van der Waals surface area contributed by atoms with Crippen LogP contribution in [0.2, 0.25) is 5.02 Å². The van der Waals surface area contributed by atoms with Crippen molar-refractivity contribution in [2.45, 2.75) is 19.9 Å². The summed E-state index contributed by atoms with van der Waals surface area (Å²) in [6, 6.07) is 5.07. The number of nitrogens with one attached hydrogen (secondary N) is 1. The van der Waals surface area contributed by atoms with Crippen LogP contribution in [0.3, 0.4) is 0 Å². The molecule has 1 aromatic carbocycles. The minimum atomic E-state index is -0.210. The summed E-state index contributed by atoms with van der Waals surface area (Å²) in [4.78, 5) is 8.07. The molecule has 0 aliphatic carbocycles. The Hall–Kier alpha value is -1.68. The Morgan fingerprint density at radius 2 is 1.94 bits per heavy atom. The fraction of sp³-hybridized carbons (Fsp3) is 0.231. The van der Waals surface area contributed by atoms with Gasteiger partial charge in [-0.1, -0.05) is 23.7 Å². The summed E-state index contributed by atoms with van der Waals surface area (Å²) in [6.07, 6.45) is 3.03. The molecule has 3 nitrogen and oxygen atoms in total. The molecule has 0 spiro atoms. The van der Waals surface area contributed by atoms with Crippen molar-refractivity contribution in [2.75, 3.05) is 5.32 Å². The molecule has 0 aliphatic rings. The number of hydrogen-bond acceptors (Lipinski definition) is 3. The molecule has 0 amide bonds. The third kappa shape index (κ3) is 2.96. The van der Waals surface area contributed by atoms with Gasteiger partial charge in [-0.15, -0.1) is 0 Å². The highest BCUT2D eigenvalue weighted by molar-refractivity contribution is 6.30. The lowest BCUT2D eigenvalue weighted by Crippen LogP contribution is -2.09. The average molecular weight is 266 g/mol. The highest BCUT2D eigenvalue weighted by Gasteiger charge is 2.08. The van der Waals surface area contributed by atoms with E-state index in [9.17, 15) is 4.39 Å². The van der Waals surface area contributed by atoms with Gasteiger partial charge in [-0.05, 0) is 31.0 Å². The van der Waals surface area contributed by atoms with Gasteiger partial charge in [-0.3, -0.25) is 0 Å². The van der Waals surface area contributed by atoms with E-state index in [-0.39, 0.29) is 11.9 Å². The first-order chi connectivity index (χ1) is 8.56. The van der Waals surface area contributed by atoms with Crippen molar-refractivity contribution >= 4 is 17.5 Å². The number of nitrogens with zero attached hydrogens (tertiary/aromatic N) is 2. The first-order valence-electron chi connectivity index (χ1n) is 5.56. The Kier molecular flexibility index (Phi) is 3.77. The monoisotopic (exact) mass is 265 g/mol. The molecule has 0 saturated carbocycles. The molecule has 18 heavy (non-hydrogen) atoms. The zero-order chi connectivity index (χ0) is 13.1. The normalized spacial score (nSPS) is 12.2. The lowest BCUT2D eigenvalue weighted by Gasteiger charge is -2.14. The SMILES string of the molecule is Cc1ccc(C(C)Nc2ncc(Cl)cn2)cc1F. The number of halogens is 2. The van der Waals surface area contributed by atoms with E-state index < -0.39 is 0 Å². The van der Waals surface area contributed by atoms with Crippen molar-refractivity contribution in [3.63, 3.8) is 0 Å². The Morgan fingerprint density at radius 1 is 1.28 bits per heavy atom. The maximum atomic E-state index is 13.5. The van der Waals surface area contributed by atoms with Gasteiger partial charge in [-0.25, -0.2) is 14.4 Å². The summed E-state index contributed by atoms with van der Waals surface area (Å²) < 4.78 is 13.5. The lowest BCUT2D eigenvalue weighted by atomic mass is 10.1. The molecule has 5 heteroatoms. The predicted molar refractivity (Wildman–Crippen MR) is 70.2 cm³/mol. The molecule has 0 aliphatic heterocycles. The highest BCUT2D eigenvalue weighted by Crippen LogP contribution is 2.19. The molecule has 0 fully saturated rings. The van der Waals surface area contributed by atoms with E-state index in [0.717, 1.165) is 5.56 Å². The van der Waals surface area contributed by atoms with Crippen LogP contribution >= 0.6 is 11.6 Å². The van der Waals surface area contributed by atoms with Crippen LogP contribution in [0.1, 0.15) is 24.1 Å². The van der Waals surface area contributed by atoms with Crippen LogP contribution in [0.15, 0.2) is 30.6 Å². The summed E-state index contributed by atoms with van der Waals surface area (Å²) in [5.41, 5.74) is 1.48. The Morgan fingerprint density at radius 3 is 2.56 bits per heavy atom. The number of anilines is 1. The molecule has 2 aromatic rings. The molecule has 1 N–H and O–H groups in total. The topological polar surface area (TPSA) is 37.8 Å². The molecular weight excluding hydrogens is 253 g/mol. The van der Waals surface area contributed by atoms with E-state index in [1.54, 1.807) is 13.0 Å².